The van der Waals surface area contributed by atoms with E-state index in [1.807, 2.05) is 24.0 Å². The number of methoxy groups -OCH3 is 1. The molecule has 1 aromatic carbocycles. The molecule has 0 aliphatic carbocycles. The van der Waals surface area contributed by atoms with E-state index in [1.54, 1.807) is 24.1 Å². The highest BCUT2D eigenvalue weighted by Gasteiger charge is 2.41. The summed E-state index contributed by atoms with van der Waals surface area (Å²) >= 11 is 0. The van der Waals surface area contributed by atoms with Gasteiger partial charge in [0, 0.05) is 45.4 Å². The molecule has 1 heterocycles. The van der Waals surface area contributed by atoms with Gasteiger partial charge >= 0.3 is 12.3 Å². The number of hydrogen-bond acceptors (Lipinski definition) is 6. The lowest BCUT2D eigenvalue weighted by Gasteiger charge is -2.36. The summed E-state index contributed by atoms with van der Waals surface area (Å²) in [6.45, 7) is 2.37. The van der Waals surface area contributed by atoms with Crippen LogP contribution in [0.4, 0.5) is 17.6 Å². The monoisotopic (exact) mass is 480 g/mol. The molecule has 1 aliphatic heterocycles. The summed E-state index contributed by atoms with van der Waals surface area (Å²) in [4.78, 5) is 16.5. The summed E-state index contributed by atoms with van der Waals surface area (Å²) in [6, 6.07) is 7.25. The van der Waals surface area contributed by atoms with E-state index in [0.717, 1.165) is 5.56 Å². The zero-order valence-electron chi connectivity index (χ0n) is 18.9. The fourth-order valence-electron chi connectivity index (χ4n) is 3.40. The van der Waals surface area contributed by atoms with E-state index in [1.165, 1.54) is 0 Å². The number of nitrogens with zero attached hydrogens (tertiary/aromatic N) is 2. The van der Waals surface area contributed by atoms with Crippen molar-refractivity contribution in [3.63, 3.8) is 0 Å². The van der Waals surface area contributed by atoms with Crippen molar-refractivity contribution >= 4 is 5.91 Å². The maximum atomic E-state index is 13.0. The Morgan fingerprint density at radius 3 is 2.67 bits per heavy atom. The highest BCUT2D eigenvalue weighted by Crippen LogP contribution is 2.23. The fraction of sp³-hybridized carbons (Fsp3) is 0.682. The first kappa shape index (κ1) is 27.5. The summed E-state index contributed by atoms with van der Waals surface area (Å²) in [7, 11) is 1.55. The second kappa shape index (κ2) is 13.2. The Balaban J connectivity index is 1.87. The number of morpholine rings is 1. The van der Waals surface area contributed by atoms with Gasteiger partial charge in [-0.25, -0.2) is 8.78 Å². The van der Waals surface area contributed by atoms with Crippen LogP contribution in [0.15, 0.2) is 24.3 Å². The number of amides is 1. The van der Waals surface area contributed by atoms with Crippen molar-refractivity contribution in [1.82, 2.24) is 9.80 Å². The number of hydrogen-bond donors (Lipinski definition) is 1. The van der Waals surface area contributed by atoms with E-state index < -0.39 is 31.7 Å². The number of carbonyl (C=O) groups excluding carboxylic acids is 1. The van der Waals surface area contributed by atoms with Gasteiger partial charge in [-0.2, -0.15) is 8.78 Å². The van der Waals surface area contributed by atoms with Crippen LogP contribution in [-0.2, 0) is 14.2 Å². The Morgan fingerprint density at radius 2 is 2.03 bits per heavy atom. The molecule has 1 aliphatic rings. The lowest BCUT2D eigenvalue weighted by molar-refractivity contribution is -0.171. The van der Waals surface area contributed by atoms with Crippen LogP contribution in [-0.4, -0.2) is 112 Å². The quantitative estimate of drug-likeness (QED) is 0.436. The standard InChI is InChI=1S/C22H32F4N2O5/c1-16-3-5-17(6-4-16)20(30)28(8-9-31-2)13-19-12-27(7-10-33-19)11-18(29)14-32-15-22(25,26)21(23)24/h3-6,18-19,21,29H,7-15H2,1-2H3/t18-,19-/m0/s1. The van der Waals surface area contributed by atoms with E-state index in [4.69, 9.17) is 9.47 Å². The Hall–Kier alpha value is -1.79. The zero-order chi connectivity index (χ0) is 24.4. The zero-order valence-corrected chi connectivity index (χ0v) is 18.9. The highest BCUT2D eigenvalue weighted by atomic mass is 19.3. The number of carbonyl (C=O) groups is 1. The van der Waals surface area contributed by atoms with E-state index in [2.05, 4.69) is 4.74 Å². The molecule has 2 rings (SSSR count). The van der Waals surface area contributed by atoms with E-state index >= 15 is 0 Å². The lowest BCUT2D eigenvalue weighted by atomic mass is 10.1. The molecule has 0 spiro atoms. The smallest absolute Gasteiger partial charge is 0.330 e. The van der Waals surface area contributed by atoms with Gasteiger partial charge in [0.25, 0.3) is 5.91 Å². The molecule has 0 unspecified atom stereocenters. The van der Waals surface area contributed by atoms with Crippen molar-refractivity contribution in [2.24, 2.45) is 0 Å². The van der Waals surface area contributed by atoms with Crippen LogP contribution in [0.2, 0.25) is 0 Å². The van der Waals surface area contributed by atoms with Crippen LogP contribution in [0, 0.1) is 6.92 Å². The van der Waals surface area contributed by atoms with E-state index in [9.17, 15) is 27.5 Å². The number of halogens is 4. The Labute approximate surface area is 191 Å². The van der Waals surface area contributed by atoms with Crippen LogP contribution in [0.25, 0.3) is 0 Å². The molecular formula is C22H32F4N2O5. The molecule has 33 heavy (non-hydrogen) atoms. The molecule has 1 amide bonds. The number of benzene rings is 1. The molecule has 1 aromatic rings. The van der Waals surface area contributed by atoms with Gasteiger partial charge in [0.05, 0.1) is 32.0 Å². The summed E-state index contributed by atoms with van der Waals surface area (Å²) in [5.41, 5.74) is 1.60. The number of ether oxygens (including phenoxy) is 3. The molecular weight excluding hydrogens is 448 g/mol. The normalized spacial score (nSPS) is 18.5. The lowest BCUT2D eigenvalue weighted by Crippen LogP contribution is -2.51. The molecule has 7 nitrogen and oxygen atoms in total. The van der Waals surface area contributed by atoms with Gasteiger partial charge in [-0.3, -0.25) is 9.69 Å². The van der Waals surface area contributed by atoms with Crippen LogP contribution < -0.4 is 0 Å². The van der Waals surface area contributed by atoms with Crippen molar-refractivity contribution in [1.29, 1.82) is 0 Å². The third kappa shape index (κ3) is 9.17. The SMILES string of the molecule is COCCN(C[C@@H]1CN(C[C@H](O)COCC(F)(F)C(F)F)CCO1)C(=O)c1ccc(C)cc1. The minimum atomic E-state index is -4.25. The van der Waals surface area contributed by atoms with Crippen molar-refractivity contribution in [2.45, 2.75) is 31.5 Å². The minimum absolute atomic E-state index is 0.101. The van der Waals surface area contributed by atoms with Gasteiger partial charge in [0.15, 0.2) is 0 Å². The van der Waals surface area contributed by atoms with Crippen LogP contribution >= 0.6 is 0 Å². The van der Waals surface area contributed by atoms with Crippen LogP contribution in [0.5, 0.6) is 0 Å². The van der Waals surface area contributed by atoms with Gasteiger partial charge in [0.1, 0.15) is 6.61 Å². The number of aryl methyl sites for hydroxylation is 1. The number of β-amino-alcohol motifs (C(OH)–C–C–N with tert-alkyl or cyclic N) is 1. The highest BCUT2D eigenvalue weighted by molar-refractivity contribution is 5.94. The Bertz CT molecular complexity index is 723. The maximum Gasteiger partial charge on any atom is 0.330 e. The van der Waals surface area contributed by atoms with E-state index in [-0.39, 0.29) is 18.6 Å². The second-order valence-corrected chi connectivity index (χ2v) is 8.09. The number of rotatable bonds is 13. The molecule has 188 valence electrons. The fourth-order valence-corrected chi connectivity index (χ4v) is 3.40. The predicted molar refractivity (Wildman–Crippen MR) is 113 cm³/mol. The first-order valence-electron chi connectivity index (χ1n) is 10.7. The topological polar surface area (TPSA) is 71.5 Å². The second-order valence-electron chi connectivity index (χ2n) is 8.09. The minimum Gasteiger partial charge on any atom is -0.389 e. The molecule has 1 saturated heterocycles. The first-order valence-corrected chi connectivity index (χ1v) is 10.7. The van der Waals surface area contributed by atoms with Crippen molar-refractivity contribution in [2.75, 3.05) is 66.3 Å². The number of alkyl halides is 4. The predicted octanol–water partition coefficient (Wildman–Crippen LogP) is 2.06. The molecule has 1 N–H and O–H groups in total. The first-order chi connectivity index (χ1) is 15.6. The van der Waals surface area contributed by atoms with Gasteiger partial charge in [-0.05, 0) is 19.1 Å². The average Bonchev–Trinajstić information content (AvgIpc) is 2.76. The van der Waals surface area contributed by atoms with Gasteiger partial charge < -0.3 is 24.2 Å². The third-order valence-electron chi connectivity index (χ3n) is 5.19. The molecule has 1 fully saturated rings. The molecule has 2 atom stereocenters. The van der Waals surface area contributed by atoms with E-state index in [0.29, 0.717) is 45.0 Å². The Kier molecular flexibility index (Phi) is 11.0. The van der Waals surface area contributed by atoms with Crippen LogP contribution in [0.3, 0.4) is 0 Å². The van der Waals surface area contributed by atoms with Gasteiger partial charge in [-0.15, -0.1) is 0 Å². The molecule has 0 radical (unpaired) electrons. The molecule has 11 heteroatoms. The summed E-state index contributed by atoms with van der Waals surface area (Å²) in [5, 5.41) is 10.1. The summed E-state index contributed by atoms with van der Waals surface area (Å²) < 4.78 is 65.6. The third-order valence-corrected chi connectivity index (χ3v) is 5.19. The van der Waals surface area contributed by atoms with Crippen molar-refractivity contribution in [3.05, 3.63) is 35.4 Å². The molecule has 0 bridgehead atoms. The summed E-state index contributed by atoms with van der Waals surface area (Å²) in [6.07, 6.45) is -5.28. The maximum absolute atomic E-state index is 13.0. The summed E-state index contributed by atoms with van der Waals surface area (Å²) in [5.74, 6) is -4.40. The largest absolute Gasteiger partial charge is 0.389 e. The number of aliphatic hydroxyl groups is 1. The van der Waals surface area contributed by atoms with Crippen molar-refractivity contribution in [3.8, 4) is 0 Å². The van der Waals surface area contributed by atoms with Crippen LogP contribution in [0.1, 0.15) is 15.9 Å². The number of aliphatic hydroxyl groups excluding tert-OH is 1. The molecule has 0 saturated carbocycles. The Morgan fingerprint density at radius 1 is 1.33 bits per heavy atom. The molecule has 0 aromatic heterocycles. The van der Waals surface area contributed by atoms with Crippen molar-refractivity contribution < 1.29 is 41.7 Å². The van der Waals surface area contributed by atoms with Gasteiger partial charge in [-0.1, -0.05) is 17.7 Å². The average molecular weight is 480 g/mol. The van der Waals surface area contributed by atoms with Gasteiger partial charge in [0.2, 0.25) is 0 Å².